The molecule has 0 aliphatic rings. The second kappa shape index (κ2) is 6.33. The van der Waals surface area contributed by atoms with Crippen LogP contribution < -0.4 is 10.3 Å². The molecular formula is C13H8F7N3O2. The Bertz CT molecular complexity index is 848. The summed E-state index contributed by atoms with van der Waals surface area (Å²) in [5, 5.41) is 0. The number of ether oxygens (including phenoxy) is 1. The summed E-state index contributed by atoms with van der Waals surface area (Å²) in [6.45, 7) is -0.617. The molecule has 0 N–H and O–H groups in total. The molecule has 0 saturated heterocycles. The monoisotopic (exact) mass is 371 g/mol. The van der Waals surface area contributed by atoms with Gasteiger partial charge in [-0.1, -0.05) is 0 Å². The minimum absolute atomic E-state index is 0.0823. The molecule has 0 atom stereocenters. The highest BCUT2D eigenvalue weighted by Gasteiger charge is 2.61. The second-order valence-electron chi connectivity index (χ2n) is 4.73. The lowest BCUT2D eigenvalue weighted by atomic mass is 10.2. The molecule has 0 aromatic carbocycles. The first-order chi connectivity index (χ1) is 11.5. The summed E-state index contributed by atoms with van der Waals surface area (Å²) < 4.78 is 95.3. The minimum Gasteiger partial charge on any atom is -0.481 e. The first-order valence-corrected chi connectivity index (χ1v) is 6.37. The second-order valence-corrected chi connectivity index (χ2v) is 4.73. The number of aromatic nitrogens is 3. The van der Waals surface area contributed by atoms with Gasteiger partial charge in [-0.3, -0.25) is 9.36 Å². The molecule has 0 radical (unpaired) electrons. The molecule has 12 heteroatoms. The van der Waals surface area contributed by atoms with E-state index in [1.165, 1.54) is 7.11 Å². The SMILES string of the molecule is COc1ncc(F)cc1Cn1cnc(C(F)(F)C(F)(F)F)c(F)c1=O. The number of hydrogen-bond donors (Lipinski definition) is 0. The van der Waals surface area contributed by atoms with Crippen molar-refractivity contribution in [2.24, 2.45) is 0 Å². The van der Waals surface area contributed by atoms with E-state index in [-0.39, 0.29) is 11.4 Å². The van der Waals surface area contributed by atoms with Crippen LogP contribution in [0.25, 0.3) is 0 Å². The lowest BCUT2D eigenvalue weighted by Gasteiger charge is -2.19. The van der Waals surface area contributed by atoms with E-state index in [2.05, 4.69) is 9.97 Å². The summed E-state index contributed by atoms with van der Waals surface area (Å²) >= 11 is 0. The molecule has 2 aromatic heterocycles. The molecule has 25 heavy (non-hydrogen) atoms. The van der Waals surface area contributed by atoms with Crippen molar-refractivity contribution in [3.05, 3.63) is 51.8 Å². The number of nitrogens with zero attached hydrogens (tertiary/aromatic N) is 3. The highest BCUT2D eigenvalue weighted by Crippen LogP contribution is 2.43. The molecule has 0 aliphatic heterocycles. The van der Waals surface area contributed by atoms with Gasteiger partial charge in [0.05, 0.1) is 26.2 Å². The fourth-order valence-electron chi connectivity index (χ4n) is 1.88. The van der Waals surface area contributed by atoms with Crippen molar-refractivity contribution in [2.45, 2.75) is 18.6 Å². The highest BCUT2D eigenvalue weighted by molar-refractivity contribution is 5.26. The largest absolute Gasteiger partial charge is 0.481 e. The molecule has 0 bridgehead atoms. The van der Waals surface area contributed by atoms with Gasteiger partial charge >= 0.3 is 12.1 Å². The summed E-state index contributed by atoms with van der Waals surface area (Å²) in [5.41, 5.74) is -4.22. The standard InChI is InChI=1S/C13H8F7N3O2/c1-25-10-6(2-7(14)3-21-10)4-23-5-22-9(8(15)11(23)24)12(16,17)13(18,19)20/h2-3,5H,4H2,1H3. The lowest BCUT2D eigenvalue weighted by Crippen LogP contribution is -2.39. The topological polar surface area (TPSA) is 57.0 Å². The van der Waals surface area contributed by atoms with Crippen molar-refractivity contribution in [1.82, 2.24) is 14.5 Å². The molecular weight excluding hydrogens is 363 g/mol. The number of rotatable bonds is 4. The molecule has 0 amide bonds. The first kappa shape index (κ1) is 18.7. The number of pyridine rings is 1. The maximum absolute atomic E-state index is 13.8. The van der Waals surface area contributed by atoms with Gasteiger partial charge in [-0.15, -0.1) is 0 Å². The van der Waals surface area contributed by atoms with Gasteiger partial charge in [0.2, 0.25) is 11.7 Å². The molecule has 0 aliphatic carbocycles. The van der Waals surface area contributed by atoms with E-state index in [9.17, 15) is 35.5 Å². The van der Waals surface area contributed by atoms with Crippen molar-refractivity contribution in [2.75, 3.05) is 7.11 Å². The van der Waals surface area contributed by atoms with Crippen LogP contribution >= 0.6 is 0 Å². The summed E-state index contributed by atoms with van der Waals surface area (Å²) in [4.78, 5) is 18.0. The zero-order valence-corrected chi connectivity index (χ0v) is 12.2. The molecule has 5 nitrogen and oxygen atoms in total. The molecule has 2 aromatic rings. The smallest absolute Gasteiger partial charge is 0.459 e. The fourth-order valence-corrected chi connectivity index (χ4v) is 1.88. The Kier molecular flexibility index (Phi) is 4.73. The third-order valence-electron chi connectivity index (χ3n) is 3.06. The van der Waals surface area contributed by atoms with Crippen molar-refractivity contribution >= 4 is 0 Å². The van der Waals surface area contributed by atoms with Crippen molar-refractivity contribution in [1.29, 1.82) is 0 Å². The number of methoxy groups -OCH3 is 1. The van der Waals surface area contributed by atoms with E-state index >= 15 is 0 Å². The van der Waals surface area contributed by atoms with E-state index in [1.807, 2.05) is 0 Å². The van der Waals surface area contributed by atoms with Gasteiger partial charge in [-0.05, 0) is 6.07 Å². The molecule has 0 fully saturated rings. The zero-order valence-electron chi connectivity index (χ0n) is 12.2. The predicted molar refractivity (Wildman–Crippen MR) is 68.3 cm³/mol. The van der Waals surface area contributed by atoms with Crippen LogP contribution in [-0.2, 0) is 12.5 Å². The van der Waals surface area contributed by atoms with Crippen molar-refractivity contribution in [3.8, 4) is 5.88 Å². The Morgan fingerprint density at radius 1 is 1.16 bits per heavy atom. The minimum atomic E-state index is -6.13. The number of hydrogen-bond acceptors (Lipinski definition) is 4. The van der Waals surface area contributed by atoms with Crippen LogP contribution in [0.1, 0.15) is 11.3 Å². The third-order valence-corrected chi connectivity index (χ3v) is 3.06. The third kappa shape index (κ3) is 3.42. The van der Waals surface area contributed by atoms with Gasteiger partial charge in [-0.2, -0.15) is 26.3 Å². The Labute approximate surface area is 134 Å². The predicted octanol–water partition coefficient (Wildman–Crippen LogP) is 2.63. The van der Waals surface area contributed by atoms with E-state index in [1.54, 1.807) is 0 Å². The van der Waals surface area contributed by atoms with Gasteiger partial charge in [-0.25, -0.2) is 14.4 Å². The maximum Gasteiger partial charge on any atom is 0.459 e. The van der Waals surface area contributed by atoms with Crippen LogP contribution in [0.3, 0.4) is 0 Å². The van der Waals surface area contributed by atoms with Crippen molar-refractivity contribution < 1.29 is 35.5 Å². The zero-order chi connectivity index (χ0) is 19.0. The van der Waals surface area contributed by atoms with Gasteiger partial charge in [0, 0.05) is 5.56 Å². The first-order valence-electron chi connectivity index (χ1n) is 6.37. The maximum atomic E-state index is 13.8. The average Bonchev–Trinajstić information content (AvgIpc) is 2.51. The van der Waals surface area contributed by atoms with Gasteiger partial charge in [0.15, 0.2) is 5.69 Å². The average molecular weight is 371 g/mol. The lowest BCUT2D eigenvalue weighted by molar-refractivity contribution is -0.292. The van der Waals surface area contributed by atoms with Crippen LogP contribution in [0.15, 0.2) is 23.4 Å². The number of halogens is 7. The van der Waals surface area contributed by atoms with Gasteiger partial charge < -0.3 is 4.74 Å². The molecule has 0 unspecified atom stereocenters. The van der Waals surface area contributed by atoms with Gasteiger partial charge in [0.25, 0.3) is 5.56 Å². The van der Waals surface area contributed by atoms with Crippen LogP contribution in [-0.4, -0.2) is 27.8 Å². The quantitative estimate of drug-likeness (QED) is 0.776. The normalized spacial score (nSPS) is 12.3. The van der Waals surface area contributed by atoms with Crippen LogP contribution in [0, 0.1) is 11.6 Å². The van der Waals surface area contributed by atoms with Gasteiger partial charge in [0.1, 0.15) is 5.82 Å². The fraction of sp³-hybridized carbons (Fsp3) is 0.308. The summed E-state index contributed by atoms with van der Waals surface area (Å²) in [6, 6.07) is 0.869. The van der Waals surface area contributed by atoms with E-state index in [4.69, 9.17) is 4.74 Å². The van der Waals surface area contributed by atoms with Crippen LogP contribution in [0.5, 0.6) is 5.88 Å². The summed E-state index contributed by atoms with van der Waals surface area (Å²) in [5.74, 6) is -9.00. The Balaban J connectivity index is 2.49. The Hall–Kier alpha value is -2.66. The van der Waals surface area contributed by atoms with E-state index in [0.717, 1.165) is 12.3 Å². The van der Waals surface area contributed by atoms with Crippen molar-refractivity contribution in [3.63, 3.8) is 0 Å². The highest BCUT2D eigenvalue weighted by atomic mass is 19.4. The van der Waals surface area contributed by atoms with Crippen LogP contribution in [0.2, 0.25) is 0 Å². The van der Waals surface area contributed by atoms with E-state index < -0.39 is 41.5 Å². The molecule has 0 spiro atoms. The number of alkyl halides is 5. The molecule has 136 valence electrons. The summed E-state index contributed by atoms with van der Waals surface area (Å²) in [6.07, 6.45) is -5.04. The Morgan fingerprint density at radius 3 is 2.36 bits per heavy atom. The summed E-state index contributed by atoms with van der Waals surface area (Å²) in [7, 11) is 1.17. The molecule has 0 saturated carbocycles. The van der Waals surface area contributed by atoms with Crippen LogP contribution in [0.4, 0.5) is 30.7 Å². The molecule has 2 heterocycles. The Morgan fingerprint density at radius 2 is 1.80 bits per heavy atom. The van der Waals surface area contributed by atoms with E-state index in [0.29, 0.717) is 10.9 Å². The molecule has 2 rings (SSSR count).